The molecular weight excluding hydrogens is 403 g/mol. The second kappa shape index (κ2) is 11.4. The molecule has 2 rings (SSSR count). The summed E-state index contributed by atoms with van der Waals surface area (Å²) >= 11 is 0. The van der Waals surface area contributed by atoms with Crippen LogP contribution in [-0.2, 0) is 9.47 Å². The van der Waals surface area contributed by atoms with Gasteiger partial charge in [0.25, 0.3) is 0 Å². The van der Waals surface area contributed by atoms with Gasteiger partial charge >= 0.3 is 0 Å². The minimum absolute atomic E-state index is 0.172. The van der Waals surface area contributed by atoms with Crippen molar-refractivity contribution in [3.8, 4) is 23.0 Å². The van der Waals surface area contributed by atoms with Gasteiger partial charge in [-0.2, -0.15) is 0 Å². The van der Waals surface area contributed by atoms with Crippen LogP contribution in [0, 0.1) is 13.8 Å². The predicted molar refractivity (Wildman–Crippen MR) is 122 cm³/mol. The first kappa shape index (κ1) is 24.3. The summed E-state index contributed by atoms with van der Waals surface area (Å²) < 4.78 is 33.5. The van der Waals surface area contributed by atoms with Crippen LogP contribution in [0.5, 0.6) is 23.0 Å². The average molecular weight is 436 g/mol. The molecule has 6 nitrogen and oxygen atoms in total. The number of aryl methyl sites for hydroxylation is 2. The van der Waals surface area contributed by atoms with Crippen LogP contribution in [0.25, 0.3) is 0 Å². The van der Waals surface area contributed by atoms with Gasteiger partial charge in [0.2, 0.25) is 0 Å². The van der Waals surface area contributed by atoms with E-state index >= 15 is 0 Å². The normalized spacial score (nSPS) is 11.1. The first-order chi connectivity index (χ1) is 14.4. The van der Waals surface area contributed by atoms with E-state index in [-0.39, 0.29) is 13.6 Å². The predicted octanol–water partition coefficient (Wildman–Crippen LogP) is 4.13. The lowest BCUT2D eigenvalue weighted by Crippen LogP contribution is -2.24. The number of rotatable bonds is 11. The molecule has 0 radical (unpaired) electrons. The Bertz CT molecular complexity index is 771. The maximum absolute atomic E-state index is 6.02. The van der Waals surface area contributed by atoms with Crippen LogP contribution in [0.2, 0.25) is 0 Å². The third-order valence-electron chi connectivity index (χ3n) is 4.61. The molecule has 0 aromatic heterocycles. The zero-order valence-corrected chi connectivity index (χ0v) is 20.1. The highest BCUT2D eigenvalue weighted by molar-refractivity contribution is 7.74. The van der Waals surface area contributed by atoms with Gasteiger partial charge in [0, 0.05) is 24.8 Å². The molecule has 0 saturated carbocycles. The summed E-state index contributed by atoms with van der Waals surface area (Å²) in [5, 5.41) is 2.15. The number of hydrogen-bond acceptors (Lipinski definition) is 6. The minimum atomic E-state index is -0.882. The van der Waals surface area contributed by atoms with Gasteiger partial charge in [0.15, 0.2) is 13.6 Å². The number of ether oxygens (including phenoxy) is 6. The van der Waals surface area contributed by atoms with Crippen molar-refractivity contribution in [2.45, 2.75) is 33.4 Å². The molecule has 0 aliphatic rings. The summed E-state index contributed by atoms with van der Waals surface area (Å²) in [5.74, 6) is 3.21. The summed E-state index contributed by atoms with van der Waals surface area (Å²) in [7, 11) is 5.70. The van der Waals surface area contributed by atoms with Crippen molar-refractivity contribution < 1.29 is 28.4 Å². The summed E-state index contributed by atoms with van der Waals surface area (Å²) in [5.41, 5.74) is 2.29. The highest BCUT2D eigenvalue weighted by Gasteiger charge is 2.28. The molecule has 0 N–H and O–H groups in total. The molecule has 0 fully saturated rings. The molecule has 0 atom stereocenters. The molecule has 0 heterocycles. The number of benzene rings is 2. The Labute approximate surface area is 181 Å². The van der Waals surface area contributed by atoms with Crippen molar-refractivity contribution in [3.63, 3.8) is 0 Å². The summed E-state index contributed by atoms with van der Waals surface area (Å²) in [6.45, 7) is 8.79. The second-order valence-electron chi connectivity index (χ2n) is 7.15. The van der Waals surface area contributed by atoms with Crippen molar-refractivity contribution in [3.05, 3.63) is 35.4 Å². The summed E-state index contributed by atoms with van der Waals surface area (Å²) in [4.78, 5) is 0. The molecule has 7 heteroatoms. The van der Waals surface area contributed by atoms with E-state index in [1.54, 1.807) is 28.4 Å². The van der Waals surface area contributed by atoms with Gasteiger partial charge in [-0.1, -0.05) is 13.8 Å². The quantitative estimate of drug-likeness (QED) is 0.390. The van der Waals surface area contributed by atoms with E-state index in [9.17, 15) is 0 Å². The minimum Gasteiger partial charge on any atom is -0.497 e. The van der Waals surface area contributed by atoms with Gasteiger partial charge < -0.3 is 28.4 Å². The lowest BCUT2D eigenvalue weighted by Gasteiger charge is -2.29. The van der Waals surface area contributed by atoms with Crippen LogP contribution in [0.3, 0.4) is 0 Å². The standard InChI is InChI=1S/C23H33O6P/c1-15(2)30(20-11-18(26-7)9-16(3)22(20)28-13-24-5)21-12-19(27-8)10-17(4)23(21)29-14-25-6/h9-12,15H,13-14H2,1-8H3. The molecule has 0 spiro atoms. The van der Waals surface area contributed by atoms with Crippen LogP contribution in [-0.4, -0.2) is 47.7 Å². The number of hydrogen-bond donors (Lipinski definition) is 0. The Hall–Kier alpha value is -2.01. The monoisotopic (exact) mass is 436 g/mol. The molecule has 0 aliphatic heterocycles. The van der Waals surface area contributed by atoms with E-state index in [1.807, 2.05) is 26.0 Å². The zero-order valence-electron chi connectivity index (χ0n) is 19.2. The Morgan fingerprint density at radius 3 is 1.40 bits per heavy atom. The van der Waals surface area contributed by atoms with Crippen molar-refractivity contribution >= 4 is 18.5 Å². The Morgan fingerprint density at radius 2 is 1.10 bits per heavy atom. The molecular formula is C23H33O6P. The first-order valence-corrected chi connectivity index (χ1v) is 11.2. The molecule has 0 aliphatic carbocycles. The van der Waals surface area contributed by atoms with Crippen LogP contribution in [0.4, 0.5) is 0 Å². The molecule has 0 bridgehead atoms. The van der Waals surface area contributed by atoms with E-state index in [0.29, 0.717) is 5.66 Å². The van der Waals surface area contributed by atoms with Gasteiger partial charge in [-0.25, -0.2) is 0 Å². The number of methoxy groups -OCH3 is 4. The SMILES string of the molecule is COCOc1c(C)cc(OC)cc1P(c1cc(OC)cc(C)c1OCOC)C(C)C. The topological polar surface area (TPSA) is 55.4 Å². The van der Waals surface area contributed by atoms with E-state index in [4.69, 9.17) is 28.4 Å². The first-order valence-electron chi connectivity index (χ1n) is 9.77. The summed E-state index contributed by atoms with van der Waals surface area (Å²) in [6.07, 6.45) is 0. The summed E-state index contributed by atoms with van der Waals surface area (Å²) in [6, 6.07) is 8.06. The largest absolute Gasteiger partial charge is 0.497 e. The fraction of sp³-hybridized carbons (Fsp3) is 0.478. The molecule has 166 valence electrons. The lowest BCUT2D eigenvalue weighted by molar-refractivity contribution is 0.0513. The molecule has 0 saturated heterocycles. The van der Waals surface area contributed by atoms with Gasteiger partial charge in [0.05, 0.1) is 14.2 Å². The average Bonchev–Trinajstić information content (AvgIpc) is 2.71. The van der Waals surface area contributed by atoms with Crippen molar-refractivity contribution in [1.29, 1.82) is 0 Å². The van der Waals surface area contributed by atoms with Crippen molar-refractivity contribution in [1.82, 2.24) is 0 Å². The van der Waals surface area contributed by atoms with Crippen LogP contribution in [0.15, 0.2) is 24.3 Å². The smallest absolute Gasteiger partial charge is 0.188 e. The van der Waals surface area contributed by atoms with Gasteiger partial charge in [0.1, 0.15) is 23.0 Å². The Balaban J connectivity index is 2.76. The molecule has 2 aromatic rings. The molecule has 30 heavy (non-hydrogen) atoms. The lowest BCUT2D eigenvalue weighted by atomic mass is 10.2. The van der Waals surface area contributed by atoms with Gasteiger partial charge in [-0.3, -0.25) is 0 Å². The molecule has 2 aromatic carbocycles. The fourth-order valence-electron chi connectivity index (χ4n) is 3.34. The van der Waals surface area contributed by atoms with Crippen molar-refractivity contribution in [2.24, 2.45) is 0 Å². The van der Waals surface area contributed by atoms with E-state index in [0.717, 1.165) is 44.7 Å². The fourth-order valence-corrected chi connectivity index (χ4v) is 6.16. The maximum atomic E-state index is 6.02. The second-order valence-corrected chi connectivity index (χ2v) is 9.89. The Kier molecular flexibility index (Phi) is 9.22. The van der Waals surface area contributed by atoms with Gasteiger partial charge in [-0.15, -0.1) is 0 Å². The maximum Gasteiger partial charge on any atom is 0.188 e. The Morgan fingerprint density at radius 1 is 0.700 bits per heavy atom. The zero-order chi connectivity index (χ0) is 22.3. The van der Waals surface area contributed by atoms with E-state index < -0.39 is 7.92 Å². The van der Waals surface area contributed by atoms with Crippen LogP contribution < -0.4 is 29.6 Å². The van der Waals surface area contributed by atoms with Crippen LogP contribution >= 0.6 is 7.92 Å². The van der Waals surface area contributed by atoms with Crippen LogP contribution in [0.1, 0.15) is 25.0 Å². The third-order valence-corrected chi connectivity index (χ3v) is 7.34. The van der Waals surface area contributed by atoms with E-state index in [2.05, 4.69) is 26.0 Å². The highest BCUT2D eigenvalue weighted by atomic mass is 31.1. The van der Waals surface area contributed by atoms with E-state index in [1.165, 1.54) is 0 Å². The van der Waals surface area contributed by atoms with Gasteiger partial charge in [-0.05, 0) is 62.8 Å². The highest BCUT2D eigenvalue weighted by Crippen LogP contribution is 2.47. The van der Waals surface area contributed by atoms with Crippen molar-refractivity contribution in [2.75, 3.05) is 42.0 Å². The molecule has 0 unspecified atom stereocenters. The third kappa shape index (κ3) is 5.57. The molecule has 0 amide bonds.